The predicted octanol–water partition coefficient (Wildman–Crippen LogP) is 2.85. The molecule has 1 heterocycles. The van der Waals surface area contributed by atoms with Crippen LogP contribution in [-0.2, 0) is 20.6 Å². The fraction of sp³-hybridized carbons (Fsp3) is 0.222. The summed E-state index contributed by atoms with van der Waals surface area (Å²) < 4.78 is 27.2. The summed E-state index contributed by atoms with van der Waals surface area (Å²) in [5.74, 6) is 0.112. The van der Waals surface area contributed by atoms with Crippen molar-refractivity contribution in [1.82, 2.24) is 4.31 Å². The predicted molar refractivity (Wildman–Crippen MR) is 111 cm³/mol. The number of rotatable bonds is 6. The number of amidine groups is 1. The van der Waals surface area contributed by atoms with Crippen molar-refractivity contribution in [2.24, 2.45) is 4.99 Å². The second-order valence-electron chi connectivity index (χ2n) is 6.16. The van der Waals surface area contributed by atoms with Crippen molar-refractivity contribution in [1.29, 1.82) is 0 Å². The zero-order valence-electron chi connectivity index (χ0n) is 15.4. The first kappa shape index (κ1) is 20.8. The highest BCUT2D eigenvalue weighted by Gasteiger charge is 2.31. The Morgan fingerprint density at radius 3 is 2.66 bits per heavy atom. The first-order chi connectivity index (χ1) is 13.8. The molecule has 0 saturated heterocycles. The molecule has 0 fully saturated rings. The summed E-state index contributed by atoms with van der Waals surface area (Å²) in [5.41, 5.74) is 1.20. The number of non-ortho nitro benzene ring substituents is 1. The van der Waals surface area contributed by atoms with Gasteiger partial charge in [-0.25, -0.2) is 12.7 Å². The van der Waals surface area contributed by atoms with Crippen molar-refractivity contribution in [2.45, 2.75) is 17.6 Å². The molecule has 1 N–H and O–H groups in total. The third-order valence-electron chi connectivity index (χ3n) is 4.02. The van der Waals surface area contributed by atoms with Gasteiger partial charge in [0.05, 0.1) is 22.9 Å². The second kappa shape index (κ2) is 8.62. The van der Waals surface area contributed by atoms with Crippen LogP contribution in [0.2, 0.25) is 0 Å². The van der Waals surface area contributed by atoms with E-state index in [0.717, 1.165) is 0 Å². The Morgan fingerprint density at radius 1 is 1.28 bits per heavy atom. The number of anilines is 1. The van der Waals surface area contributed by atoms with Crippen molar-refractivity contribution in [3.63, 3.8) is 0 Å². The maximum absolute atomic E-state index is 13.0. The molecule has 0 aliphatic carbocycles. The number of carbonyl (C=O) groups excluding carboxylic acids is 1. The van der Waals surface area contributed by atoms with Gasteiger partial charge in [0, 0.05) is 30.5 Å². The van der Waals surface area contributed by atoms with Crippen LogP contribution < -0.4 is 5.32 Å². The average molecular weight is 434 g/mol. The van der Waals surface area contributed by atoms with E-state index in [1.54, 1.807) is 12.1 Å². The Balaban J connectivity index is 1.73. The third kappa shape index (κ3) is 4.93. The largest absolute Gasteiger partial charge is 0.326 e. The van der Waals surface area contributed by atoms with Crippen LogP contribution in [0.1, 0.15) is 12.5 Å². The number of nitrogens with one attached hydrogen (secondary N) is 1. The number of hydrogen-bond donors (Lipinski definition) is 1. The highest BCUT2D eigenvalue weighted by atomic mass is 32.2. The number of nitrogens with zero attached hydrogens (tertiary/aromatic N) is 3. The monoisotopic (exact) mass is 434 g/mol. The van der Waals surface area contributed by atoms with E-state index >= 15 is 0 Å². The summed E-state index contributed by atoms with van der Waals surface area (Å²) in [5, 5.41) is 13.8. The minimum atomic E-state index is -3.80. The zero-order chi connectivity index (χ0) is 21.0. The molecule has 3 rings (SSSR count). The molecule has 2 aromatic rings. The summed E-state index contributed by atoms with van der Waals surface area (Å²) in [6, 6.07) is 12.1. The van der Waals surface area contributed by atoms with Gasteiger partial charge in [0.25, 0.3) is 15.7 Å². The molecule has 0 spiro atoms. The van der Waals surface area contributed by atoms with Crippen molar-refractivity contribution >= 4 is 44.2 Å². The van der Waals surface area contributed by atoms with Gasteiger partial charge < -0.3 is 5.32 Å². The molecule has 1 aliphatic rings. The number of sulfonamides is 1. The molecule has 2 aromatic carbocycles. The number of hydrogen-bond acceptors (Lipinski definition) is 7. The van der Waals surface area contributed by atoms with Gasteiger partial charge in [0.15, 0.2) is 5.17 Å². The minimum absolute atomic E-state index is 0.0137. The van der Waals surface area contributed by atoms with Crippen LogP contribution in [0.3, 0.4) is 0 Å². The topological polar surface area (TPSA) is 122 Å². The van der Waals surface area contributed by atoms with Crippen LogP contribution in [-0.4, -0.2) is 41.8 Å². The molecular formula is C18H18N4O5S2. The highest BCUT2D eigenvalue weighted by molar-refractivity contribution is 8.14. The van der Waals surface area contributed by atoms with Gasteiger partial charge >= 0.3 is 0 Å². The zero-order valence-corrected chi connectivity index (χ0v) is 17.1. The lowest BCUT2D eigenvalue weighted by molar-refractivity contribution is -0.384. The molecule has 0 saturated carbocycles. The van der Waals surface area contributed by atoms with Crippen molar-refractivity contribution in [3.8, 4) is 0 Å². The number of nitro groups is 1. The summed E-state index contributed by atoms with van der Waals surface area (Å²) >= 11 is 1.22. The van der Waals surface area contributed by atoms with E-state index in [4.69, 9.17) is 0 Å². The van der Waals surface area contributed by atoms with Gasteiger partial charge in [-0.1, -0.05) is 23.9 Å². The molecule has 1 aliphatic heterocycles. The Labute approximate surface area is 172 Å². The minimum Gasteiger partial charge on any atom is -0.326 e. The Bertz CT molecular complexity index is 1070. The number of nitro benzene ring substituents is 1. The van der Waals surface area contributed by atoms with Crippen LogP contribution in [0.5, 0.6) is 0 Å². The van der Waals surface area contributed by atoms with Crippen molar-refractivity contribution in [2.75, 3.05) is 18.4 Å². The average Bonchev–Trinajstić information content (AvgIpc) is 3.16. The standard InChI is InChI=1S/C18H18N4O5S2/c1-13(23)20-15-5-7-17(8-6-15)29(26,27)21-10-9-19-18(21)28-12-14-3-2-4-16(11-14)22(24)25/h2-8,11H,9-10,12H2,1H3,(H,20,23). The van der Waals surface area contributed by atoms with E-state index in [-0.39, 0.29) is 23.0 Å². The van der Waals surface area contributed by atoms with Crippen LogP contribution >= 0.6 is 11.8 Å². The molecule has 29 heavy (non-hydrogen) atoms. The quantitative estimate of drug-likeness (QED) is 0.551. The maximum Gasteiger partial charge on any atom is 0.269 e. The number of amides is 1. The van der Waals surface area contributed by atoms with Crippen LogP contribution in [0.15, 0.2) is 58.4 Å². The first-order valence-electron chi connectivity index (χ1n) is 8.58. The molecule has 0 bridgehead atoms. The van der Waals surface area contributed by atoms with Crippen LogP contribution in [0.4, 0.5) is 11.4 Å². The van der Waals surface area contributed by atoms with Gasteiger partial charge in [-0.15, -0.1) is 0 Å². The molecule has 0 unspecified atom stereocenters. The Kier molecular flexibility index (Phi) is 6.18. The maximum atomic E-state index is 13.0. The van der Waals surface area contributed by atoms with Crippen LogP contribution in [0.25, 0.3) is 0 Å². The number of aliphatic imine (C=N–C) groups is 1. The lowest BCUT2D eigenvalue weighted by Gasteiger charge is -2.20. The lowest BCUT2D eigenvalue weighted by Crippen LogP contribution is -2.32. The molecule has 11 heteroatoms. The highest BCUT2D eigenvalue weighted by Crippen LogP contribution is 2.27. The number of thioether (sulfide) groups is 1. The first-order valence-corrected chi connectivity index (χ1v) is 11.0. The Hall–Kier alpha value is -2.92. The lowest BCUT2D eigenvalue weighted by atomic mass is 10.2. The number of benzene rings is 2. The van der Waals surface area contributed by atoms with Gasteiger partial charge in [-0.05, 0) is 29.8 Å². The van der Waals surface area contributed by atoms with Crippen molar-refractivity contribution < 1.29 is 18.1 Å². The molecule has 1 amide bonds. The van der Waals surface area contributed by atoms with E-state index in [2.05, 4.69) is 10.3 Å². The summed E-state index contributed by atoms with van der Waals surface area (Å²) in [4.78, 5) is 25.9. The smallest absolute Gasteiger partial charge is 0.269 e. The van der Waals surface area contributed by atoms with Gasteiger partial charge in [-0.2, -0.15) is 0 Å². The van der Waals surface area contributed by atoms with Crippen LogP contribution in [0, 0.1) is 10.1 Å². The SMILES string of the molecule is CC(=O)Nc1ccc(S(=O)(=O)N2CCN=C2SCc2cccc([N+](=O)[O-])c2)cc1. The van der Waals surface area contributed by atoms with Gasteiger partial charge in [0.2, 0.25) is 5.91 Å². The third-order valence-corrected chi connectivity index (χ3v) is 7.02. The molecule has 152 valence electrons. The van der Waals surface area contributed by atoms with E-state index < -0.39 is 14.9 Å². The van der Waals surface area contributed by atoms with E-state index in [9.17, 15) is 23.3 Å². The van der Waals surface area contributed by atoms with Gasteiger partial charge in [-0.3, -0.25) is 19.9 Å². The molecular weight excluding hydrogens is 416 g/mol. The normalized spacial score (nSPS) is 13.8. The van der Waals surface area contributed by atoms with E-state index in [1.165, 1.54) is 59.4 Å². The Morgan fingerprint density at radius 2 is 2.00 bits per heavy atom. The molecule has 9 nitrogen and oxygen atoms in total. The molecule has 0 aromatic heterocycles. The fourth-order valence-electron chi connectivity index (χ4n) is 2.70. The summed E-state index contributed by atoms with van der Waals surface area (Å²) in [6.45, 7) is 1.95. The van der Waals surface area contributed by atoms with E-state index in [1.807, 2.05) is 0 Å². The summed E-state index contributed by atoms with van der Waals surface area (Å²) in [6.07, 6.45) is 0. The second-order valence-corrected chi connectivity index (χ2v) is 8.97. The van der Waals surface area contributed by atoms with E-state index in [0.29, 0.717) is 28.7 Å². The van der Waals surface area contributed by atoms with Crippen molar-refractivity contribution in [3.05, 3.63) is 64.2 Å². The molecule has 0 radical (unpaired) electrons. The molecule has 0 atom stereocenters. The fourth-order valence-corrected chi connectivity index (χ4v) is 5.37. The number of carbonyl (C=O) groups is 1. The summed E-state index contributed by atoms with van der Waals surface area (Å²) in [7, 11) is -3.80. The van der Waals surface area contributed by atoms with Gasteiger partial charge in [0.1, 0.15) is 0 Å².